The molecule has 0 bridgehead atoms. The van der Waals surface area contributed by atoms with Gasteiger partial charge in [-0.25, -0.2) is 14.6 Å². The van der Waals surface area contributed by atoms with E-state index in [1.807, 2.05) is 31.2 Å². The Kier molecular flexibility index (Phi) is 5.66. The second-order valence-electron chi connectivity index (χ2n) is 5.87. The van der Waals surface area contributed by atoms with Gasteiger partial charge in [-0.3, -0.25) is 0 Å². The van der Waals surface area contributed by atoms with Crippen molar-refractivity contribution in [3.05, 3.63) is 70.9 Å². The second kappa shape index (κ2) is 8.31. The van der Waals surface area contributed by atoms with Crippen LogP contribution in [0, 0.1) is 6.92 Å². The Labute approximate surface area is 157 Å². The van der Waals surface area contributed by atoms with E-state index in [-0.39, 0.29) is 18.2 Å². The highest BCUT2D eigenvalue weighted by atomic mass is 16.6. The van der Waals surface area contributed by atoms with Gasteiger partial charge in [-0.05, 0) is 49.8 Å². The summed E-state index contributed by atoms with van der Waals surface area (Å²) in [5, 5.41) is 0. The van der Waals surface area contributed by atoms with E-state index in [0.29, 0.717) is 17.9 Å². The average Bonchev–Trinajstić information content (AvgIpc) is 3.02. The Balaban J connectivity index is 1.75. The Morgan fingerprint density at radius 1 is 1.19 bits per heavy atom. The van der Waals surface area contributed by atoms with Crippen molar-refractivity contribution in [3.8, 4) is 5.75 Å². The van der Waals surface area contributed by atoms with Crippen LogP contribution in [-0.2, 0) is 19.1 Å². The smallest absolute Gasteiger partial charge is 0.363 e. The molecule has 2 aromatic carbocycles. The molecule has 0 spiro atoms. The molecule has 0 aliphatic carbocycles. The summed E-state index contributed by atoms with van der Waals surface area (Å²) in [6.45, 7) is 3.84. The molecule has 6 heteroatoms. The normalized spacial score (nSPS) is 14.7. The maximum atomic E-state index is 12.1. The van der Waals surface area contributed by atoms with Crippen molar-refractivity contribution in [2.45, 2.75) is 13.8 Å². The first-order valence-electron chi connectivity index (χ1n) is 8.53. The highest BCUT2D eigenvalue weighted by molar-refractivity contribution is 6.12. The molecular formula is C21H19NO5. The third-order valence-corrected chi connectivity index (χ3v) is 3.74. The van der Waals surface area contributed by atoms with Crippen LogP contribution in [0.2, 0.25) is 0 Å². The molecule has 1 aliphatic heterocycles. The summed E-state index contributed by atoms with van der Waals surface area (Å²) in [6, 6.07) is 14.6. The van der Waals surface area contributed by atoms with E-state index in [9.17, 15) is 9.59 Å². The van der Waals surface area contributed by atoms with E-state index in [0.717, 1.165) is 11.1 Å². The molecule has 0 aromatic heterocycles. The van der Waals surface area contributed by atoms with Gasteiger partial charge < -0.3 is 14.2 Å². The fourth-order valence-electron chi connectivity index (χ4n) is 2.43. The molecule has 0 saturated carbocycles. The van der Waals surface area contributed by atoms with Crippen LogP contribution in [0.4, 0.5) is 0 Å². The molecule has 0 saturated heterocycles. The molecule has 6 nitrogen and oxygen atoms in total. The summed E-state index contributed by atoms with van der Waals surface area (Å²) in [7, 11) is 0. The van der Waals surface area contributed by atoms with Crippen LogP contribution in [0.3, 0.4) is 0 Å². The predicted octanol–water partition coefficient (Wildman–Crippen LogP) is 3.28. The summed E-state index contributed by atoms with van der Waals surface area (Å²) in [6.07, 6.45) is 1.61. The van der Waals surface area contributed by atoms with Crippen LogP contribution in [0.25, 0.3) is 6.08 Å². The topological polar surface area (TPSA) is 74.2 Å². The van der Waals surface area contributed by atoms with E-state index in [1.54, 1.807) is 37.3 Å². The van der Waals surface area contributed by atoms with Crippen molar-refractivity contribution in [3.63, 3.8) is 0 Å². The third-order valence-electron chi connectivity index (χ3n) is 3.74. The number of benzene rings is 2. The summed E-state index contributed by atoms with van der Waals surface area (Å²) in [5.74, 6) is -0.177. The van der Waals surface area contributed by atoms with Crippen LogP contribution in [0.1, 0.15) is 23.6 Å². The first-order valence-corrected chi connectivity index (χ1v) is 8.53. The molecule has 0 amide bonds. The number of carbonyl (C=O) groups excluding carboxylic acids is 2. The molecule has 3 rings (SSSR count). The summed E-state index contributed by atoms with van der Waals surface area (Å²) in [5.41, 5.74) is 2.76. The lowest BCUT2D eigenvalue weighted by Crippen LogP contribution is -2.14. The zero-order chi connectivity index (χ0) is 19.2. The Morgan fingerprint density at radius 3 is 2.70 bits per heavy atom. The van der Waals surface area contributed by atoms with Crippen molar-refractivity contribution in [1.29, 1.82) is 0 Å². The maximum Gasteiger partial charge on any atom is 0.363 e. The van der Waals surface area contributed by atoms with E-state index in [1.165, 1.54) is 0 Å². The molecule has 1 heterocycles. The Bertz CT molecular complexity index is 912. The number of hydrogen-bond donors (Lipinski definition) is 0. The number of cyclic esters (lactones) is 1. The number of esters is 2. The molecule has 0 radical (unpaired) electrons. The molecule has 2 aromatic rings. The number of aryl methyl sites for hydroxylation is 1. The zero-order valence-electron chi connectivity index (χ0n) is 15.1. The standard InChI is InChI=1S/C21H19NO5/c1-3-25-19(23)13-26-17-6-4-5-15(11-17)12-18-21(24)27-20(22-18)16-9-7-14(2)8-10-16/h4-12H,3,13H2,1-2H3/b18-12-. The van der Waals surface area contributed by atoms with E-state index >= 15 is 0 Å². The molecule has 0 unspecified atom stereocenters. The Morgan fingerprint density at radius 2 is 1.96 bits per heavy atom. The molecule has 1 aliphatic rings. The summed E-state index contributed by atoms with van der Waals surface area (Å²) < 4.78 is 15.5. The summed E-state index contributed by atoms with van der Waals surface area (Å²) in [4.78, 5) is 27.8. The molecule has 27 heavy (non-hydrogen) atoms. The van der Waals surface area contributed by atoms with Crippen molar-refractivity contribution in [2.24, 2.45) is 4.99 Å². The van der Waals surface area contributed by atoms with Gasteiger partial charge in [-0.1, -0.05) is 29.8 Å². The Hall–Kier alpha value is -3.41. The molecule has 0 N–H and O–H groups in total. The number of ether oxygens (including phenoxy) is 3. The number of rotatable bonds is 6. The quantitative estimate of drug-likeness (QED) is 0.580. The number of hydrogen-bond acceptors (Lipinski definition) is 6. The largest absolute Gasteiger partial charge is 0.482 e. The minimum atomic E-state index is -0.511. The van der Waals surface area contributed by atoms with Gasteiger partial charge in [-0.2, -0.15) is 0 Å². The van der Waals surface area contributed by atoms with E-state index in [4.69, 9.17) is 14.2 Å². The monoisotopic (exact) mass is 365 g/mol. The third kappa shape index (κ3) is 4.82. The fourth-order valence-corrected chi connectivity index (χ4v) is 2.43. The van der Waals surface area contributed by atoms with Gasteiger partial charge in [0.25, 0.3) is 0 Å². The number of aliphatic imine (C=N–C) groups is 1. The van der Waals surface area contributed by atoms with Gasteiger partial charge in [0.2, 0.25) is 5.90 Å². The van der Waals surface area contributed by atoms with Crippen LogP contribution in [-0.4, -0.2) is 31.1 Å². The lowest BCUT2D eigenvalue weighted by atomic mass is 10.1. The van der Waals surface area contributed by atoms with Crippen molar-refractivity contribution < 1.29 is 23.8 Å². The van der Waals surface area contributed by atoms with Crippen LogP contribution in [0.5, 0.6) is 5.75 Å². The van der Waals surface area contributed by atoms with Gasteiger partial charge in [0.15, 0.2) is 12.3 Å². The van der Waals surface area contributed by atoms with Crippen LogP contribution in [0.15, 0.2) is 59.2 Å². The fraction of sp³-hybridized carbons (Fsp3) is 0.190. The van der Waals surface area contributed by atoms with Gasteiger partial charge >= 0.3 is 11.9 Å². The van der Waals surface area contributed by atoms with Gasteiger partial charge in [0.05, 0.1) is 6.61 Å². The highest BCUT2D eigenvalue weighted by Gasteiger charge is 2.24. The molecule has 138 valence electrons. The minimum absolute atomic E-state index is 0.175. The van der Waals surface area contributed by atoms with Crippen LogP contribution >= 0.6 is 0 Å². The first kappa shape index (κ1) is 18.4. The number of nitrogens with zero attached hydrogens (tertiary/aromatic N) is 1. The number of carbonyl (C=O) groups is 2. The van der Waals surface area contributed by atoms with Gasteiger partial charge in [-0.15, -0.1) is 0 Å². The van der Waals surface area contributed by atoms with Crippen LogP contribution < -0.4 is 4.74 Å². The van der Waals surface area contributed by atoms with Crippen molar-refractivity contribution >= 4 is 23.9 Å². The first-order chi connectivity index (χ1) is 13.0. The van der Waals surface area contributed by atoms with Gasteiger partial charge in [0, 0.05) is 5.56 Å². The van der Waals surface area contributed by atoms with Gasteiger partial charge in [0.1, 0.15) is 5.75 Å². The maximum absolute atomic E-state index is 12.1. The zero-order valence-corrected chi connectivity index (χ0v) is 15.1. The average molecular weight is 365 g/mol. The van der Waals surface area contributed by atoms with E-state index in [2.05, 4.69) is 4.99 Å². The predicted molar refractivity (Wildman–Crippen MR) is 100 cm³/mol. The molecule has 0 atom stereocenters. The summed E-state index contributed by atoms with van der Waals surface area (Å²) >= 11 is 0. The van der Waals surface area contributed by atoms with Crippen molar-refractivity contribution in [1.82, 2.24) is 0 Å². The lowest BCUT2D eigenvalue weighted by Gasteiger charge is -2.06. The van der Waals surface area contributed by atoms with E-state index < -0.39 is 11.9 Å². The molecular weight excluding hydrogens is 346 g/mol. The highest BCUT2D eigenvalue weighted by Crippen LogP contribution is 2.21. The molecule has 0 fully saturated rings. The SMILES string of the molecule is CCOC(=O)COc1cccc(/C=C2\N=C(c3ccc(C)cc3)OC2=O)c1. The minimum Gasteiger partial charge on any atom is -0.482 e. The lowest BCUT2D eigenvalue weighted by molar-refractivity contribution is -0.145. The second-order valence-corrected chi connectivity index (χ2v) is 5.87. The van der Waals surface area contributed by atoms with Crippen molar-refractivity contribution in [2.75, 3.05) is 13.2 Å².